The quantitative estimate of drug-likeness (QED) is 0.859. The summed E-state index contributed by atoms with van der Waals surface area (Å²) in [6, 6.07) is 11.3. The third kappa shape index (κ3) is 3.56. The second kappa shape index (κ2) is 6.91. The molecule has 1 atom stereocenters. The Morgan fingerprint density at radius 1 is 1.22 bits per heavy atom. The van der Waals surface area contributed by atoms with Crippen LogP contribution in [-0.2, 0) is 0 Å². The molecule has 1 heterocycles. The number of hydrogen-bond donors (Lipinski definition) is 1. The summed E-state index contributed by atoms with van der Waals surface area (Å²) in [5, 5.41) is 3.63. The summed E-state index contributed by atoms with van der Waals surface area (Å²) >= 11 is 0. The van der Waals surface area contributed by atoms with Crippen molar-refractivity contribution in [3.63, 3.8) is 0 Å². The van der Waals surface area contributed by atoms with Crippen molar-refractivity contribution in [3.8, 4) is 0 Å². The Balaban J connectivity index is 1.92. The van der Waals surface area contributed by atoms with Gasteiger partial charge in [0, 0.05) is 32.2 Å². The Labute approximate surface area is 111 Å². The number of hydrogen-bond acceptors (Lipinski definition) is 2. The molecule has 0 aromatic heterocycles. The molecule has 0 amide bonds. The molecule has 1 unspecified atom stereocenters. The van der Waals surface area contributed by atoms with Gasteiger partial charge in [0.2, 0.25) is 0 Å². The van der Waals surface area contributed by atoms with Gasteiger partial charge in [-0.05, 0) is 11.5 Å². The lowest BCUT2D eigenvalue weighted by molar-refractivity contribution is 0.169. The number of nitrogens with zero attached hydrogens (tertiary/aromatic N) is 1. The van der Waals surface area contributed by atoms with Gasteiger partial charge in [-0.3, -0.25) is 4.90 Å². The van der Waals surface area contributed by atoms with Crippen LogP contribution in [0, 0.1) is 5.92 Å². The van der Waals surface area contributed by atoms with Gasteiger partial charge >= 0.3 is 0 Å². The highest BCUT2D eigenvalue weighted by Crippen LogP contribution is 2.19. The number of benzene rings is 1. The Bertz CT molecular complexity index is 332. The topological polar surface area (TPSA) is 15.3 Å². The third-order valence-corrected chi connectivity index (χ3v) is 4.13. The van der Waals surface area contributed by atoms with Gasteiger partial charge in [0.05, 0.1) is 0 Å². The van der Waals surface area contributed by atoms with E-state index in [2.05, 4.69) is 54.4 Å². The van der Waals surface area contributed by atoms with Crippen molar-refractivity contribution in [2.24, 2.45) is 5.92 Å². The first-order valence-corrected chi connectivity index (χ1v) is 7.34. The van der Waals surface area contributed by atoms with Crippen molar-refractivity contribution in [2.45, 2.75) is 32.7 Å². The van der Waals surface area contributed by atoms with E-state index in [-0.39, 0.29) is 0 Å². The minimum atomic E-state index is 0.509. The van der Waals surface area contributed by atoms with E-state index in [1.54, 1.807) is 0 Å². The van der Waals surface area contributed by atoms with Gasteiger partial charge in [-0.1, -0.05) is 57.0 Å². The minimum Gasteiger partial charge on any atom is -0.308 e. The van der Waals surface area contributed by atoms with Crippen LogP contribution in [-0.4, -0.2) is 31.1 Å². The molecule has 1 aliphatic heterocycles. The molecule has 2 heteroatoms. The van der Waals surface area contributed by atoms with Crippen molar-refractivity contribution in [1.29, 1.82) is 0 Å². The van der Waals surface area contributed by atoms with Crippen LogP contribution in [0.2, 0.25) is 0 Å². The van der Waals surface area contributed by atoms with Crippen LogP contribution in [0.25, 0.3) is 0 Å². The maximum Gasteiger partial charge on any atom is 0.0449 e. The summed E-state index contributed by atoms with van der Waals surface area (Å²) in [5.41, 5.74) is 1.42. The molecule has 1 aromatic carbocycles. The predicted octanol–water partition coefficient (Wildman–Crippen LogP) is 3.07. The Kier molecular flexibility index (Phi) is 5.21. The summed E-state index contributed by atoms with van der Waals surface area (Å²) in [6.07, 6.45) is 2.60. The van der Waals surface area contributed by atoms with Crippen molar-refractivity contribution < 1.29 is 0 Å². The van der Waals surface area contributed by atoms with Gasteiger partial charge in [-0.25, -0.2) is 0 Å². The second-order valence-corrected chi connectivity index (χ2v) is 5.36. The minimum absolute atomic E-state index is 0.509. The molecule has 1 aromatic rings. The first-order valence-electron chi connectivity index (χ1n) is 7.34. The van der Waals surface area contributed by atoms with Gasteiger partial charge in [0.15, 0.2) is 0 Å². The van der Waals surface area contributed by atoms with Gasteiger partial charge in [0.1, 0.15) is 0 Å². The first-order chi connectivity index (χ1) is 8.83. The van der Waals surface area contributed by atoms with Crippen LogP contribution in [0.5, 0.6) is 0 Å². The average Bonchev–Trinajstić information content (AvgIpc) is 2.46. The van der Waals surface area contributed by atoms with Gasteiger partial charge < -0.3 is 5.32 Å². The molecule has 1 fully saturated rings. The van der Waals surface area contributed by atoms with E-state index in [0.29, 0.717) is 6.04 Å². The maximum atomic E-state index is 3.63. The molecule has 1 saturated heterocycles. The highest BCUT2D eigenvalue weighted by molar-refractivity contribution is 5.19. The van der Waals surface area contributed by atoms with Gasteiger partial charge in [-0.2, -0.15) is 0 Å². The van der Waals surface area contributed by atoms with E-state index >= 15 is 0 Å². The van der Waals surface area contributed by atoms with Crippen molar-refractivity contribution in [3.05, 3.63) is 35.9 Å². The Morgan fingerprint density at radius 3 is 2.61 bits per heavy atom. The zero-order valence-corrected chi connectivity index (χ0v) is 11.7. The van der Waals surface area contributed by atoms with Crippen LogP contribution < -0.4 is 5.32 Å². The molecule has 0 bridgehead atoms. The maximum absolute atomic E-state index is 3.63. The van der Waals surface area contributed by atoms with Crippen LogP contribution in [0.1, 0.15) is 38.3 Å². The fourth-order valence-corrected chi connectivity index (χ4v) is 2.80. The van der Waals surface area contributed by atoms with Crippen molar-refractivity contribution >= 4 is 0 Å². The molecule has 100 valence electrons. The lowest BCUT2D eigenvalue weighted by Gasteiger charge is -2.35. The summed E-state index contributed by atoms with van der Waals surface area (Å²) in [5.74, 6) is 0.861. The fourth-order valence-electron chi connectivity index (χ4n) is 2.80. The van der Waals surface area contributed by atoms with E-state index < -0.39 is 0 Å². The van der Waals surface area contributed by atoms with Crippen LogP contribution in [0.15, 0.2) is 30.3 Å². The van der Waals surface area contributed by atoms with E-state index in [0.717, 1.165) is 19.0 Å². The lowest BCUT2D eigenvalue weighted by Crippen LogP contribution is -2.47. The molecular weight excluding hydrogens is 220 g/mol. The molecule has 1 aliphatic rings. The first kappa shape index (κ1) is 13.6. The van der Waals surface area contributed by atoms with E-state index in [1.807, 2.05) is 0 Å². The SMILES string of the molecule is CCC(CC)CN1CCNC(c2ccccc2)C1. The standard InChI is InChI=1S/C16H26N2/c1-3-14(4-2)12-18-11-10-17-16(13-18)15-8-6-5-7-9-15/h5-9,14,16-17H,3-4,10-13H2,1-2H3. The fraction of sp³-hybridized carbons (Fsp3) is 0.625. The van der Waals surface area contributed by atoms with E-state index in [9.17, 15) is 0 Å². The van der Waals surface area contributed by atoms with Crippen molar-refractivity contribution in [2.75, 3.05) is 26.2 Å². The largest absolute Gasteiger partial charge is 0.308 e. The Hall–Kier alpha value is -0.860. The molecule has 2 nitrogen and oxygen atoms in total. The molecule has 0 spiro atoms. The van der Waals surface area contributed by atoms with Gasteiger partial charge in [0.25, 0.3) is 0 Å². The average molecular weight is 246 g/mol. The summed E-state index contributed by atoms with van der Waals surface area (Å²) in [4.78, 5) is 2.63. The normalized spacial score (nSPS) is 21.4. The second-order valence-electron chi connectivity index (χ2n) is 5.36. The zero-order chi connectivity index (χ0) is 12.8. The molecule has 0 saturated carbocycles. The molecule has 2 rings (SSSR count). The number of rotatable bonds is 5. The summed E-state index contributed by atoms with van der Waals surface area (Å²) in [6.45, 7) is 9.34. The van der Waals surface area contributed by atoms with Crippen LogP contribution in [0.4, 0.5) is 0 Å². The molecule has 0 radical (unpaired) electrons. The summed E-state index contributed by atoms with van der Waals surface area (Å²) in [7, 11) is 0. The number of piperazine rings is 1. The highest BCUT2D eigenvalue weighted by atomic mass is 15.2. The smallest absolute Gasteiger partial charge is 0.0449 e. The summed E-state index contributed by atoms with van der Waals surface area (Å²) < 4.78 is 0. The lowest BCUT2D eigenvalue weighted by atomic mass is 10.00. The third-order valence-electron chi connectivity index (χ3n) is 4.13. The van der Waals surface area contributed by atoms with E-state index in [4.69, 9.17) is 0 Å². The van der Waals surface area contributed by atoms with Crippen molar-refractivity contribution in [1.82, 2.24) is 10.2 Å². The molecule has 0 aliphatic carbocycles. The monoisotopic (exact) mass is 246 g/mol. The highest BCUT2D eigenvalue weighted by Gasteiger charge is 2.21. The molecule has 1 N–H and O–H groups in total. The van der Waals surface area contributed by atoms with E-state index in [1.165, 1.54) is 31.5 Å². The number of nitrogens with one attached hydrogen (secondary N) is 1. The predicted molar refractivity (Wildman–Crippen MR) is 77.7 cm³/mol. The van der Waals surface area contributed by atoms with Gasteiger partial charge in [-0.15, -0.1) is 0 Å². The van der Waals surface area contributed by atoms with Crippen LogP contribution >= 0.6 is 0 Å². The molecule has 18 heavy (non-hydrogen) atoms. The Morgan fingerprint density at radius 2 is 1.94 bits per heavy atom. The van der Waals surface area contributed by atoms with Crippen LogP contribution in [0.3, 0.4) is 0 Å². The molecular formula is C16H26N2. The zero-order valence-electron chi connectivity index (χ0n) is 11.7.